The summed E-state index contributed by atoms with van der Waals surface area (Å²) in [6.45, 7) is 3.14. The van der Waals surface area contributed by atoms with Crippen molar-refractivity contribution in [2.24, 2.45) is 5.73 Å². The van der Waals surface area contributed by atoms with Crippen molar-refractivity contribution >= 4 is 6.21 Å². The van der Waals surface area contributed by atoms with Gasteiger partial charge in [0.1, 0.15) is 0 Å². The molecule has 0 saturated heterocycles. The predicted octanol–water partition coefficient (Wildman–Crippen LogP) is 0.249. The third-order valence-corrected chi connectivity index (χ3v) is 0.969. The van der Waals surface area contributed by atoms with Crippen molar-refractivity contribution in [1.82, 2.24) is 0 Å². The molecule has 4 N–H and O–H groups in total. The second kappa shape index (κ2) is 2.64. The summed E-state index contributed by atoms with van der Waals surface area (Å²) in [6, 6.07) is 0. The normalized spacial score (nSPS) is 13.4. The fraction of sp³-hybridized carbons (Fsp3) is 0.500. The highest BCUT2D eigenvalue weighted by atomic mass is 16.3. The standard InChI is InChI=1S/C6H12N2O/c1-6(2,9)5(8)3-4-7/h3-4,7,9H,8H2,1-2H3/b5-3-,7-4?. The van der Waals surface area contributed by atoms with Crippen molar-refractivity contribution in [2.45, 2.75) is 19.4 Å². The molecule has 52 valence electrons. The molecule has 0 amide bonds. The maximum atomic E-state index is 9.12. The van der Waals surface area contributed by atoms with E-state index in [2.05, 4.69) is 0 Å². The second-order valence-electron chi connectivity index (χ2n) is 2.35. The van der Waals surface area contributed by atoms with E-state index in [0.717, 1.165) is 6.21 Å². The number of hydrogen-bond acceptors (Lipinski definition) is 3. The van der Waals surface area contributed by atoms with Gasteiger partial charge in [0.25, 0.3) is 0 Å². The van der Waals surface area contributed by atoms with Gasteiger partial charge in [0.2, 0.25) is 0 Å². The average molecular weight is 128 g/mol. The predicted molar refractivity (Wildman–Crippen MR) is 37.4 cm³/mol. The van der Waals surface area contributed by atoms with Crippen LogP contribution in [-0.2, 0) is 0 Å². The molecule has 3 nitrogen and oxygen atoms in total. The third kappa shape index (κ3) is 2.87. The minimum Gasteiger partial charge on any atom is -0.400 e. The van der Waals surface area contributed by atoms with Crippen LogP contribution in [-0.4, -0.2) is 16.9 Å². The van der Waals surface area contributed by atoms with Crippen LogP contribution >= 0.6 is 0 Å². The Morgan fingerprint density at radius 1 is 1.67 bits per heavy atom. The first-order valence-corrected chi connectivity index (χ1v) is 2.67. The molecule has 0 bridgehead atoms. The number of hydrogen-bond donors (Lipinski definition) is 3. The maximum Gasteiger partial charge on any atom is 0.0982 e. The van der Waals surface area contributed by atoms with Crippen LogP contribution in [0.25, 0.3) is 0 Å². The summed E-state index contributed by atoms with van der Waals surface area (Å²) in [7, 11) is 0. The topological polar surface area (TPSA) is 70.1 Å². The Labute approximate surface area is 54.7 Å². The Bertz CT molecular complexity index is 132. The van der Waals surface area contributed by atoms with Gasteiger partial charge < -0.3 is 16.2 Å². The monoisotopic (exact) mass is 128 g/mol. The first-order valence-electron chi connectivity index (χ1n) is 2.67. The van der Waals surface area contributed by atoms with Crippen LogP contribution in [0.5, 0.6) is 0 Å². The minimum absolute atomic E-state index is 0.303. The zero-order valence-corrected chi connectivity index (χ0v) is 5.68. The highest BCUT2D eigenvalue weighted by molar-refractivity contribution is 5.69. The van der Waals surface area contributed by atoms with Gasteiger partial charge in [-0.25, -0.2) is 0 Å². The van der Waals surface area contributed by atoms with Gasteiger partial charge in [-0.3, -0.25) is 0 Å². The maximum absolute atomic E-state index is 9.12. The molecule has 0 aliphatic carbocycles. The largest absolute Gasteiger partial charge is 0.400 e. The second-order valence-corrected chi connectivity index (χ2v) is 2.35. The fourth-order valence-corrected chi connectivity index (χ4v) is 0.294. The van der Waals surface area contributed by atoms with Gasteiger partial charge in [0, 0.05) is 11.9 Å². The summed E-state index contributed by atoms with van der Waals surface area (Å²) in [6.07, 6.45) is 2.41. The third-order valence-electron chi connectivity index (χ3n) is 0.969. The number of allylic oxidation sites excluding steroid dienone is 1. The van der Waals surface area contributed by atoms with E-state index >= 15 is 0 Å². The van der Waals surface area contributed by atoms with E-state index in [1.165, 1.54) is 6.08 Å². The molecule has 0 rings (SSSR count). The average Bonchev–Trinajstić information content (AvgIpc) is 1.64. The fourth-order valence-electron chi connectivity index (χ4n) is 0.294. The number of rotatable bonds is 2. The molecule has 0 aromatic rings. The van der Waals surface area contributed by atoms with Gasteiger partial charge in [0.05, 0.1) is 5.60 Å². The van der Waals surface area contributed by atoms with Gasteiger partial charge in [-0.05, 0) is 19.9 Å². The van der Waals surface area contributed by atoms with Crippen molar-refractivity contribution in [3.8, 4) is 0 Å². The first kappa shape index (κ1) is 8.17. The molecule has 0 aliphatic rings. The molecule has 0 aromatic carbocycles. The molecule has 0 aliphatic heterocycles. The Balaban J connectivity index is 4.19. The molecule has 0 spiro atoms. The van der Waals surface area contributed by atoms with E-state index in [0.29, 0.717) is 5.70 Å². The van der Waals surface area contributed by atoms with Crippen LogP contribution in [0.1, 0.15) is 13.8 Å². The zero-order valence-electron chi connectivity index (χ0n) is 5.68. The van der Waals surface area contributed by atoms with Gasteiger partial charge >= 0.3 is 0 Å². The van der Waals surface area contributed by atoms with E-state index < -0.39 is 5.60 Å². The molecule has 0 saturated carbocycles. The highest BCUT2D eigenvalue weighted by Gasteiger charge is 2.14. The van der Waals surface area contributed by atoms with E-state index in [1.807, 2.05) is 0 Å². The molecule has 0 unspecified atom stereocenters. The SMILES string of the molecule is CC(C)(O)/C(N)=C/C=N. The van der Waals surface area contributed by atoms with Crippen molar-refractivity contribution in [2.75, 3.05) is 0 Å². The van der Waals surface area contributed by atoms with E-state index in [9.17, 15) is 0 Å². The first-order chi connectivity index (χ1) is 3.98. The summed E-state index contributed by atoms with van der Waals surface area (Å²) in [4.78, 5) is 0. The van der Waals surface area contributed by atoms with E-state index in [1.54, 1.807) is 13.8 Å². The smallest absolute Gasteiger partial charge is 0.0982 e. The van der Waals surface area contributed by atoms with Gasteiger partial charge in [0.15, 0.2) is 0 Å². The minimum atomic E-state index is -1.00. The summed E-state index contributed by atoms with van der Waals surface area (Å²) >= 11 is 0. The molecule has 9 heavy (non-hydrogen) atoms. The molecular formula is C6H12N2O. The Hall–Kier alpha value is -0.830. The molecule has 0 atom stereocenters. The van der Waals surface area contributed by atoms with Crippen LogP contribution in [0, 0.1) is 5.41 Å². The lowest BCUT2D eigenvalue weighted by atomic mass is 10.1. The van der Waals surface area contributed by atoms with Crippen LogP contribution in [0.4, 0.5) is 0 Å². The summed E-state index contributed by atoms with van der Waals surface area (Å²) in [5, 5.41) is 15.7. The lowest BCUT2D eigenvalue weighted by Crippen LogP contribution is -2.27. The van der Waals surface area contributed by atoms with Gasteiger partial charge in [-0.15, -0.1) is 0 Å². The summed E-state index contributed by atoms with van der Waals surface area (Å²) in [5.41, 5.74) is 4.62. The summed E-state index contributed by atoms with van der Waals surface area (Å²) in [5.74, 6) is 0. The van der Waals surface area contributed by atoms with E-state index in [4.69, 9.17) is 16.2 Å². The van der Waals surface area contributed by atoms with Crippen LogP contribution in [0.2, 0.25) is 0 Å². The molecule has 0 heterocycles. The van der Waals surface area contributed by atoms with Crippen molar-refractivity contribution in [3.05, 3.63) is 11.8 Å². The molecule has 0 aromatic heterocycles. The van der Waals surface area contributed by atoms with Crippen LogP contribution in [0.3, 0.4) is 0 Å². The lowest BCUT2D eigenvalue weighted by molar-refractivity contribution is 0.118. The van der Waals surface area contributed by atoms with Gasteiger partial charge in [-0.2, -0.15) is 0 Å². The quantitative estimate of drug-likeness (QED) is 0.466. The highest BCUT2D eigenvalue weighted by Crippen LogP contribution is 2.07. The number of nitrogens with two attached hydrogens (primary N) is 1. The van der Waals surface area contributed by atoms with Crippen molar-refractivity contribution in [3.63, 3.8) is 0 Å². The molecular weight excluding hydrogens is 116 g/mol. The number of nitrogens with one attached hydrogen (secondary N) is 1. The molecule has 0 radical (unpaired) electrons. The van der Waals surface area contributed by atoms with Gasteiger partial charge in [-0.1, -0.05) is 0 Å². The Morgan fingerprint density at radius 3 is 2.22 bits per heavy atom. The summed E-state index contributed by atoms with van der Waals surface area (Å²) < 4.78 is 0. The lowest BCUT2D eigenvalue weighted by Gasteiger charge is -2.16. The van der Waals surface area contributed by atoms with Crippen LogP contribution in [0.15, 0.2) is 11.8 Å². The van der Waals surface area contributed by atoms with Crippen molar-refractivity contribution in [1.29, 1.82) is 5.41 Å². The molecule has 3 heteroatoms. The number of aliphatic hydroxyl groups is 1. The van der Waals surface area contributed by atoms with E-state index in [-0.39, 0.29) is 0 Å². The van der Waals surface area contributed by atoms with Crippen molar-refractivity contribution < 1.29 is 5.11 Å². The Kier molecular flexibility index (Phi) is 2.40. The van der Waals surface area contributed by atoms with Crippen LogP contribution < -0.4 is 5.73 Å². The molecule has 0 fully saturated rings. The Morgan fingerprint density at radius 2 is 2.11 bits per heavy atom. The zero-order chi connectivity index (χ0) is 7.49.